The van der Waals surface area contributed by atoms with E-state index in [0.717, 1.165) is 5.56 Å². The molecule has 1 saturated heterocycles. The second-order valence-corrected chi connectivity index (χ2v) is 6.89. The molecule has 1 N–H and O–H groups in total. The van der Waals surface area contributed by atoms with Crippen molar-refractivity contribution in [3.05, 3.63) is 59.4 Å². The van der Waals surface area contributed by atoms with Crippen LogP contribution in [0.3, 0.4) is 0 Å². The van der Waals surface area contributed by atoms with Crippen LogP contribution in [0.1, 0.15) is 11.1 Å². The summed E-state index contributed by atoms with van der Waals surface area (Å²) in [6, 6.07) is 11.1. The molecule has 2 aromatic carbocycles. The molecule has 7 nitrogen and oxygen atoms in total. The maximum absolute atomic E-state index is 13.1. The van der Waals surface area contributed by atoms with Crippen molar-refractivity contribution in [3.63, 3.8) is 0 Å². The Morgan fingerprint density at radius 3 is 2.66 bits per heavy atom. The summed E-state index contributed by atoms with van der Waals surface area (Å²) in [5.74, 6) is -1.15. The molecule has 4 rings (SSSR count). The monoisotopic (exact) mass is 413 g/mol. The van der Waals surface area contributed by atoms with E-state index in [0.29, 0.717) is 17.1 Å². The van der Waals surface area contributed by atoms with Crippen LogP contribution < -0.4 is 14.8 Å². The fourth-order valence-corrected chi connectivity index (χ4v) is 3.24. The van der Waals surface area contributed by atoms with Crippen molar-refractivity contribution in [1.82, 2.24) is 10.2 Å². The van der Waals surface area contributed by atoms with Crippen molar-refractivity contribution < 1.29 is 23.5 Å². The van der Waals surface area contributed by atoms with Crippen LogP contribution in [-0.4, -0.2) is 34.8 Å². The first-order valence-corrected chi connectivity index (χ1v) is 9.21. The number of nitrogens with zero attached hydrogens (tertiary/aromatic N) is 2. The van der Waals surface area contributed by atoms with E-state index in [2.05, 4.69) is 10.3 Å². The van der Waals surface area contributed by atoms with Gasteiger partial charge in [-0.05, 0) is 47.6 Å². The van der Waals surface area contributed by atoms with E-state index in [1.54, 1.807) is 24.3 Å². The molecule has 0 bridgehead atoms. The van der Waals surface area contributed by atoms with Crippen LogP contribution >= 0.6 is 12.2 Å². The van der Waals surface area contributed by atoms with Crippen molar-refractivity contribution in [2.24, 2.45) is 10.9 Å². The summed E-state index contributed by atoms with van der Waals surface area (Å²) in [5, 5.41) is 2.54. The number of aliphatic imine (C=N–C) groups is 1. The molecular formula is C20H16FN3O4S. The fraction of sp³-hybridized carbons (Fsp3) is 0.200. The number of ether oxygens (including phenoxy) is 2. The summed E-state index contributed by atoms with van der Waals surface area (Å²) in [4.78, 5) is 30.5. The van der Waals surface area contributed by atoms with Gasteiger partial charge < -0.3 is 14.8 Å². The minimum Gasteiger partial charge on any atom is -0.454 e. The predicted molar refractivity (Wildman–Crippen MR) is 106 cm³/mol. The zero-order valence-corrected chi connectivity index (χ0v) is 15.9. The third kappa shape index (κ3) is 4.09. The smallest absolute Gasteiger partial charge is 0.247 e. The highest BCUT2D eigenvalue weighted by Crippen LogP contribution is 2.32. The van der Waals surface area contributed by atoms with E-state index in [4.69, 9.17) is 21.7 Å². The Bertz CT molecular complexity index is 1010. The number of benzene rings is 2. The van der Waals surface area contributed by atoms with Gasteiger partial charge in [0, 0.05) is 6.21 Å². The summed E-state index contributed by atoms with van der Waals surface area (Å²) in [6.45, 7) is 0.587. The summed E-state index contributed by atoms with van der Waals surface area (Å²) in [5.41, 5.74) is 1.54. The molecule has 2 aliphatic rings. The lowest BCUT2D eigenvalue weighted by atomic mass is 10.1. The Labute approximate surface area is 171 Å². The number of fused-ring (bicyclic) bond motifs is 1. The van der Waals surface area contributed by atoms with E-state index in [-0.39, 0.29) is 30.8 Å². The molecule has 1 atom stereocenters. The van der Waals surface area contributed by atoms with Crippen molar-refractivity contribution in [2.45, 2.75) is 13.1 Å². The van der Waals surface area contributed by atoms with Gasteiger partial charge in [-0.25, -0.2) is 4.39 Å². The topological polar surface area (TPSA) is 80.2 Å². The predicted octanol–water partition coefficient (Wildman–Crippen LogP) is 2.18. The second-order valence-electron chi connectivity index (χ2n) is 6.50. The summed E-state index contributed by atoms with van der Waals surface area (Å²) in [7, 11) is 0. The lowest BCUT2D eigenvalue weighted by Crippen LogP contribution is -2.57. The molecule has 0 unspecified atom stereocenters. The Balaban J connectivity index is 1.45. The third-order valence-electron chi connectivity index (χ3n) is 4.51. The number of amides is 2. The van der Waals surface area contributed by atoms with Gasteiger partial charge in [0.15, 0.2) is 22.5 Å². The summed E-state index contributed by atoms with van der Waals surface area (Å²) in [6.07, 6.45) is 1.32. The van der Waals surface area contributed by atoms with Crippen LogP contribution in [-0.2, 0) is 22.7 Å². The molecule has 2 aliphatic heterocycles. The highest BCUT2D eigenvalue weighted by atomic mass is 32.1. The van der Waals surface area contributed by atoms with Crippen molar-refractivity contribution in [2.75, 3.05) is 6.79 Å². The van der Waals surface area contributed by atoms with Crippen molar-refractivity contribution in [1.29, 1.82) is 0 Å². The maximum atomic E-state index is 13.1. The standard InChI is InChI=1S/C20H16FN3O4S/c21-14-4-1-12(2-5-14)10-24-19(26)15(18(25)23-20(24)29)9-22-8-13-3-6-16-17(7-13)28-11-27-16/h1-7,9,15H,8,10-11H2,(H,23,25,29)/t15-/m1/s1. The maximum Gasteiger partial charge on any atom is 0.247 e. The van der Waals surface area contributed by atoms with Gasteiger partial charge in [0.2, 0.25) is 18.6 Å². The van der Waals surface area contributed by atoms with Gasteiger partial charge in [0.1, 0.15) is 5.82 Å². The van der Waals surface area contributed by atoms with Crippen LogP contribution in [0.5, 0.6) is 11.5 Å². The number of carbonyl (C=O) groups excluding carboxylic acids is 2. The van der Waals surface area contributed by atoms with Gasteiger partial charge in [-0.1, -0.05) is 18.2 Å². The molecule has 0 radical (unpaired) electrons. The second kappa shape index (κ2) is 7.96. The average molecular weight is 413 g/mol. The molecule has 0 aliphatic carbocycles. The summed E-state index contributed by atoms with van der Waals surface area (Å²) < 4.78 is 23.7. The van der Waals surface area contributed by atoms with Gasteiger partial charge in [0.25, 0.3) is 0 Å². The molecule has 0 aromatic heterocycles. The molecular weight excluding hydrogens is 397 g/mol. The highest BCUT2D eigenvalue weighted by Gasteiger charge is 2.37. The number of thiocarbonyl (C=S) groups is 1. The zero-order chi connectivity index (χ0) is 20.4. The first-order chi connectivity index (χ1) is 14.0. The SMILES string of the molecule is O=C1NC(=S)N(Cc2ccc(F)cc2)C(=O)[C@@H]1C=NCc1ccc2c(c1)OCO2. The van der Waals surface area contributed by atoms with Crippen LogP contribution in [0.4, 0.5) is 4.39 Å². The van der Waals surface area contributed by atoms with Gasteiger partial charge in [-0.15, -0.1) is 0 Å². The van der Waals surface area contributed by atoms with E-state index in [1.807, 2.05) is 6.07 Å². The lowest BCUT2D eigenvalue weighted by molar-refractivity contribution is -0.138. The molecule has 2 heterocycles. The zero-order valence-electron chi connectivity index (χ0n) is 15.1. The first-order valence-electron chi connectivity index (χ1n) is 8.80. The van der Waals surface area contributed by atoms with Gasteiger partial charge in [0.05, 0.1) is 13.1 Å². The van der Waals surface area contributed by atoms with E-state index >= 15 is 0 Å². The van der Waals surface area contributed by atoms with Crippen LogP contribution in [0, 0.1) is 11.7 Å². The number of rotatable bonds is 5. The number of halogens is 1. The van der Waals surface area contributed by atoms with Crippen LogP contribution in [0.15, 0.2) is 47.5 Å². The van der Waals surface area contributed by atoms with E-state index in [1.165, 1.54) is 23.2 Å². The van der Waals surface area contributed by atoms with Crippen molar-refractivity contribution in [3.8, 4) is 11.5 Å². The van der Waals surface area contributed by atoms with Crippen LogP contribution in [0.2, 0.25) is 0 Å². The van der Waals surface area contributed by atoms with Gasteiger partial charge in [-0.3, -0.25) is 19.5 Å². The number of hydrogen-bond acceptors (Lipinski definition) is 6. The largest absolute Gasteiger partial charge is 0.454 e. The minimum atomic E-state index is -1.09. The molecule has 1 fully saturated rings. The minimum absolute atomic E-state index is 0.0183. The Kier molecular flexibility index (Phi) is 5.22. The Hall–Kier alpha value is -3.33. The number of nitrogens with one attached hydrogen (secondary N) is 1. The quantitative estimate of drug-likeness (QED) is 0.462. The molecule has 0 saturated carbocycles. The summed E-state index contributed by atoms with van der Waals surface area (Å²) >= 11 is 5.12. The number of hydrogen-bond donors (Lipinski definition) is 1. The normalized spacial score (nSPS) is 18.4. The molecule has 29 heavy (non-hydrogen) atoms. The molecule has 148 valence electrons. The Morgan fingerprint density at radius 2 is 1.86 bits per heavy atom. The third-order valence-corrected chi connectivity index (χ3v) is 4.83. The van der Waals surface area contributed by atoms with Gasteiger partial charge in [-0.2, -0.15) is 0 Å². The first kappa shape index (κ1) is 19.0. The van der Waals surface area contributed by atoms with E-state index < -0.39 is 17.7 Å². The Morgan fingerprint density at radius 1 is 1.14 bits per heavy atom. The van der Waals surface area contributed by atoms with E-state index in [9.17, 15) is 14.0 Å². The average Bonchev–Trinajstić information content (AvgIpc) is 3.17. The van der Waals surface area contributed by atoms with Crippen LogP contribution in [0.25, 0.3) is 0 Å². The lowest BCUT2D eigenvalue weighted by Gasteiger charge is -2.31. The highest BCUT2D eigenvalue weighted by molar-refractivity contribution is 7.80. The fourth-order valence-electron chi connectivity index (χ4n) is 2.99. The number of carbonyl (C=O) groups is 2. The molecule has 9 heteroatoms. The molecule has 0 spiro atoms. The molecule has 2 aromatic rings. The van der Waals surface area contributed by atoms with Crippen molar-refractivity contribution >= 4 is 35.4 Å². The van der Waals surface area contributed by atoms with Gasteiger partial charge >= 0.3 is 0 Å². The molecule has 2 amide bonds.